The molecule has 0 spiro atoms. The van der Waals surface area contributed by atoms with Gasteiger partial charge in [-0.15, -0.1) is 0 Å². The topological polar surface area (TPSA) is 85.5 Å². The Balaban J connectivity index is 1.67. The van der Waals surface area contributed by atoms with Crippen molar-refractivity contribution >= 4 is 17.5 Å². The number of Topliss-reactive ketones (excluding diaryl/α,β-unsaturated/α-hetero) is 2. The number of carbonyl (C=O) groups excluding carboxylic acids is 3. The first-order chi connectivity index (χ1) is 14.8. The molecule has 0 saturated heterocycles. The number of esters is 1. The highest BCUT2D eigenvalue weighted by Crippen LogP contribution is 2.22. The zero-order valence-corrected chi connectivity index (χ0v) is 17.5. The number of ketones is 2. The Kier molecular flexibility index (Phi) is 6.65. The van der Waals surface area contributed by atoms with Crippen molar-refractivity contribution in [2.24, 2.45) is 0 Å². The summed E-state index contributed by atoms with van der Waals surface area (Å²) in [4.78, 5) is 39.7. The molecule has 1 N–H and O–H groups in total. The van der Waals surface area contributed by atoms with Gasteiger partial charge in [-0.05, 0) is 56.2 Å². The van der Waals surface area contributed by atoms with Gasteiger partial charge >= 0.3 is 5.97 Å². The third-order valence-electron chi connectivity index (χ3n) is 4.82. The Labute approximate surface area is 179 Å². The molecule has 0 fully saturated rings. The van der Waals surface area contributed by atoms with Crippen molar-refractivity contribution in [3.8, 4) is 5.75 Å². The molecular formula is C24H22FNO5. The molecule has 160 valence electrons. The highest BCUT2D eigenvalue weighted by Gasteiger charge is 2.22. The maximum absolute atomic E-state index is 13.0. The summed E-state index contributed by atoms with van der Waals surface area (Å²) in [5.41, 5.74) is 2.75. The summed E-state index contributed by atoms with van der Waals surface area (Å²) >= 11 is 0. The van der Waals surface area contributed by atoms with Gasteiger partial charge in [-0.25, -0.2) is 9.18 Å². The van der Waals surface area contributed by atoms with Crippen LogP contribution in [0.2, 0.25) is 0 Å². The highest BCUT2D eigenvalue weighted by molar-refractivity contribution is 6.04. The van der Waals surface area contributed by atoms with Crippen LogP contribution < -0.4 is 4.74 Å². The fourth-order valence-corrected chi connectivity index (χ4v) is 3.34. The van der Waals surface area contributed by atoms with Gasteiger partial charge in [0.1, 0.15) is 23.7 Å². The lowest BCUT2D eigenvalue weighted by molar-refractivity contribution is 0.0469. The molecule has 3 aromatic rings. The maximum atomic E-state index is 13.0. The second-order valence-electron chi connectivity index (χ2n) is 7.09. The summed E-state index contributed by atoms with van der Waals surface area (Å²) in [5, 5.41) is 0. The molecule has 0 aliphatic carbocycles. The van der Waals surface area contributed by atoms with E-state index in [1.54, 1.807) is 44.2 Å². The summed E-state index contributed by atoms with van der Waals surface area (Å²) in [6, 6.07) is 12.3. The molecule has 0 atom stereocenters. The Morgan fingerprint density at radius 1 is 1.00 bits per heavy atom. The molecule has 0 aliphatic heterocycles. The normalized spacial score (nSPS) is 10.6. The molecule has 0 saturated carbocycles. The van der Waals surface area contributed by atoms with Crippen LogP contribution >= 0.6 is 0 Å². The summed E-state index contributed by atoms with van der Waals surface area (Å²) in [6.07, 6.45) is 0. The number of H-pyrrole nitrogens is 1. The van der Waals surface area contributed by atoms with Gasteiger partial charge in [-0.2, -0.15) is 0 Å². The first-order valence-electron chi connectivity index (χ1n) is 9.64. The molecule has 3 rings (SSSR count). The summed E-state index contributed by atoms with van der Waals surface area (Å²) < 4.78 is 23.9. The van der Waals surface area contributed by atoms with Crippen molar-refractivity contribution in [3.63, 3.8) is 0 Å². The molecule has 7 heteroatoms. The number of aryl methyl sites for hydroxylation is 1. The average Bonchev–Trinajstić information content (AvgIpc) is 3.05. The standard InChI is InChI=1S/C24H22FNO5/c1-14-22(16(3)27)15(2)26-23(14)20(28)13-31-24(29)19-6-4-5-7-21(19)30-12-17-8-10-18(25)11-9-17/h4-11,26H,12-13H2,1-3H3. The van der Waals surface area contributed by atoms with Gasteiger partial charge in [0.05, 0.1) is 5.69 Å². The van der Waals surface area contributed by atoms with Crippen molar-refractivity contribution in [2.75, 3.05) is 6.61 Å². The van der Waals surface area contributed by atoms with Crippen molar-refractivity contribution in [3.05, 3.63) is 88.0 Å². The molecule has 0 unspecified atom stereocenters. The molecular weight excluding hydrogens is 401 g/mol. The lowest BCUT2D eigenvalue weighted by atomic mass is 10.1. The number of aromatic nitrogens is 1. The molecule has 0 aliphatic rings. The van der Waals surface area contributed by atoms with E-state index in [4.69, 9.17) is 9.47 Å². The zero-order chi connectivity index (χ0) is 22.5. The van der Waals surface area contributed by atoms with Crippen molar-refractivity contribution in [1.82, 2.24) is 4.98 Å². The van der Waals surface area contributed by atoms with E-state index in [0.717, 1.165) is 5.56 Å². The number of ether oxygens (including phenoxy) is 2. The lowest BCUT2D eigenvalue weighted by Gasteiger charge is -2.11. The van der Waals surface area contributed by atoms with Crippen LogP contribution in [-0.2, 0) is 11.3 Å². The van der Waals surface area contributed by atoms with Crippen LogP contribution in [0.5, 0.6) is 5.75 Å². The Bertz CT molecular complexity index is 1130. The van der Waals surface area contributed by atoms with Gasteiger partial charge in [0, 0.05) is 11.3 Å². The van der Waals surface area contributed by atoms with Crippen molar-refractivity contribution in [2.45, 2.75) is 27.4 Å². The Hall–Kier alpha value is -3.74. The van der Waals surface area contributed by atoms with Crippen molar-refractivity contribution in [1.29, 1.82) is 0 Å². The molecule has 0 amide bonds. The summed E-state index contributed by atoms with van der Waals surface area (Å²) in [6.45, 7) is 4.47. The minimum Gasteiger partial charge on any atom is -0.488 e. The first kappa shape index (κ1) is 22.0. The Morgan fingerprint density at radius 2 is 1.68 bits per heavy atom. The van der Waals surface area contributed by atoms with Gasteiger partial charge in [-0.1, -0.05) is 24.3 Å². The second-order valence-corrected chi connectivity index (χ2v) is 7.09. The third kappa shape index (κ3) is 5.06. The third-order valence-corrected chi connectivity index (χ3v) is 4.82. The number of hydrogen-bond donors (Lipinski definition) is 1. The van der Waals surface area contributed by atoms with Crippen LogP contribution in [0.3, 0.4) is 0 Å². The van der Waals surface area contributed by atoms with Gasteiger partial charge in [0.2, 0.25) is 5.78 Å². The van der Waals surface area contributed by atoms with Gasteiger partial charge < -0.3 is 14.5 Å². The second kappa shape index (κ2) is 9.38. The average molecular weight is 423 g/mol. The number of aromatic amines is 1. The molecule has 31 heavy (non-hydrogen) atoms. The highest BCUT2D eigenvalue weighted by atomic mass is 19.1. The van der Waals surface area contributed by atoms with Gasteiger partial charge in [0.15, 0.2) is 12.4 Å². The fraction of sp³-hybridized carbons (Fsp3) is 0.208. The van der Waals surface area contributed by atoms with E-state index in [1.165, 1.54) is 25.1 Å². The molecule has 0 radical (unpaired) electrons. The number of para-hydroxylation sites is 1. The number of halogens is 1. The summed E-state index contributed by atoms with van der Waals surface area (Å²) in [7, 11) is 0. The largest absolute Gasteiger partial charge is 0.488 e. The van der Waals surface area contributed by atoms with Crippen LogP contribution in [0.15, 0.2) is 48.5 Å². The molecule has 0 bridgehead atoms. The molecule has 1 heterocycles. The van der Waals surface area contributed by atoms with E-state index in [1.807, 2.05) is 0 Å². The minimum absolute atomic E-state index is 0.137. The number of hydrogen-bond acceptors (Lipinski definition) is 5. The van der Waals surface area contributed by atoms with Gasteiger partial charge in [0.25, 0.3) is 0 Å². The van der Waals surface area contributed by atoms with E-state index in [-0.39, 0.29) is 35.2 Å². The van der Waals surface area contributed by atoms with Crippen molar-refractivity contribution < 1.29 is 28.2 Å². The van der Waals surface area contributed by atoms with E-state index in [9.17, 15) is 18.8 Å². The van der Waals surface area contributed by atoms with E-state index in [2.05, 4.69) is 4.98 Å². The van der Waals surface area contributed by atoms with Crippen LogP contribution in [0.4, 0.5) is 4.39 Å². The molecule has 2 aromatic carbocycles. The maximum Gasteiger partial charge on any atom is 0.342 e. The van der Waals surface area contributed by atoms with E-state index < -0.39 is 18.4 Å². The quantitative estimate of drug-likeness (QED) is 0.423. The SMILES string of the molecule is CC(=O)c1c(C)[nH]c(C(=O)COC(=O)c2ccccc2OCc2ccc(F)cc2)c1C. The summed E-state index contributed by atoms with van der Waals surface area (Å²) in [5.74, 6) is -1.35. The van der Waals surface area contributed by atoms with Crippen LogP contribution in [0.1, 0.15) is 54.9 Å². The number of nitrogens with one attached hydrogen (secondary N) is 1. The molecule has 6 nitrogen and oxygen atoms in total. The van der Waals surface area contributed by atoms with E-state index >= 15 is 0 Å². The minimum atomic E-state index is -0.712. The van der Waals surface area contributed by atoms with Crippen LogP contribution in [0, 0.1) is 19.7 Å². The first-order valence-corrected chi connectivity index (χ1v) is 9.64. The zero-order valence-electron chi connectivity index (χ0n) is 17.5. The fourth-order valence-electron chi connectivity index (χ4n) is 3.34. The van der Waals surface area contributed by atoms with Gasteiger partial charge in [-0.3, -0.25) is 9.59 Å². The molecule has 1 aromatic heterocycles. The Morgan fingerprint density at radius 3 is 2.32 bits per heavy atom. The predicted molar refractivity (Wildman–Crippen MR) is 112 cm³/mol. The van der Waals surface area contributed by atoms with Crippen LogP contribution in [-0.4, -0.2) is 29.1 Å². The van der Waals surface area contributed by atoms with E-state index in [0.29, 0.717) is 16.8 Å². The van der Waals surface area contributed by atoms with Crippen LogP contribution in [0.25, 0.3) is 0 Å². The smallest absolute Gasteiger partial charge is 0.342 e. The number of carbonyl (C=O) groups is 3. The number of benzene rings is 2. The monoisotopic (exact) mass is 423 g/mol. The predicted octanol–water partition coefficient (Wildman–Crippen LogP) is 4.59. The lowest BCUT2D eigenvalue weighted by Crippen LogP contribution is -2.16. The number of rotatable bonds is 8.